The van der Waals surface area contributed by atoms with Crippen LogP contribution in [0.5, 0.6) is 0 Å². The van der Waals surface area contributed by atoms with E-state index < -0.39 is 0 Å². The van der Waals surface area contributed by atoms with Crippen molar-refractivity contribution in [1.29, 1.82) is 0 Å². The molecule has 0 aliphatic heterocycles. The summed E-state index contributed by atoms with van der Waals surface area (Å²) in [5.74, 6) is 0.639. The van der Waals surface area contributed by atoms with E-state index in [0.717, 1.165) is 6.54 Å². The number of nitrogens with two attached hydrogens (primary N) is 1. The van der Waals surface area contributed by atoms with Crippen molar-refractivity contribution in [3.05, 3.63) is 16.6 Å². The zero-order valence-electron chi connectivity index (χ0n) is 10.6. The summed E-state index contributed by atoms with van der Waals surface area (Å²) in [5.41, 5.74) is 6.23. The second-order valence-electron chi connectivity index (χ2n) is 5.06. The van der Waals surface area contributed by atoms with Crippen LogP contribution in [0.3, 0.4) is 0 Å². The Morgan fingerprint density at radius 2 is 2.29 bits per heavy atom. The second-order valence-corrected chi connectivity index (χ2v) is 5.99. The highest BCUT2D eigenvalue weighted by molar-refractivity contribution is 7.09. The van der Waals surface area contributed by atoms with E-state index in [1.807, 2.05) is 11.6 Å². The quantitative estimate of drug-likeness (QED) is 0.811. The maximum atomic E-state index is 6.23. The SMILES string of the molecule is CC(NCC1CCCCCC1N)c1nccs1. The third kappa shape index (κ3) is 3.76. The first kappa shape index (κ1) is 13.0. The number of hydrogen-bond donors (Lipinski definition) is 2. The second kappa shape index (κ2) is 6.47. The molecule has 0 radical (unpaired) electrons. The van der Waals surface area contributed by atoms with Crippen molar-refractivity contribution in [2.75, 3.05) is 6.54 Å². The van der Waals surface area contributed by atoms with Gasteiger partial charge >= 0.3 is 0 Å². The van der Waals surface area contributed by atoms with Gasteiger partial charge in [0.2, 0.25) is 0 Å². The Morgan fingerprint density at radius 3 is 3.06 bits per heavy atom. The standard InChI is InChI=1S/C13H23N3S/c1-10(13-15-7-8-17-13)16-9-11-5-3-2-4-6-12(11)14/h7-8,10-12,16H,2-6,9,14H2,1H3. The largest absolute Gasteiger partial charge is 0.327 e. The molecule has 17 heavy (non-hydrogen) atoms. The van der Waals surface area contributed by atoms with E-state index in [2.05, 4.69) is 17.2 Å². The molecule has 1 aliphatic carbocycles. The Hall–Kier alpha value is -0.450. The highest BCUT2D eigenvalue weighted by atomic mass is 32.1. The third-order valence-corrected chi connectivity index (χ3v) is 4.68. The number of hydrogen-bond acceptors (Lipinski definition) is 4. The molecule has 3 atom stereocenters. The Bertz CT molecular complexity index is 312. The molecule has 0 aromatic carbocycles. The smallest absolute Gasteiger partial charge is 0.109 e. The summed E-state index contributed by atoms with van der Waals surface area (Å²) in [6, 6.07) is 0.735. The molecule has 0 spiro atoms. The number of rotatable bonds is 4. The van der Waals surface area contributed by atoms with Gasteiger partial charge in [0.1, 0.15) is 5.01 Å². The summed E-state index contributed by atoms with van der Waals surface area (Å²) in [4.78, 5) is 4.34. The third-order valence-electron chi connectivity index (χ3n) is 3.73. The molecule has 3 unspecified atom stereocenters. The lowest BCUT2D eigenvalue weighted by Gasteiger charge is -2.23. The molecule has 1 aromatic heterocycles. The molecule has 4 heteroatoms. The van der Waals surface area contributed by atoms with Gasteiger partial charge in [0.25, 0.3) is 0 Å². The van der Waals surface area contributed by atoms with E-state index >= 15 is 0 Å². The van der Waals surface area contributed by atoms with Gasteiger partial charge in [0, 0.05) is 24.2 Å². The molecule has 0 bridgehead atoms. The van der Waals surface area contributed by atoms with E-state index in [1.165, 1.54) is 37.1 Å². The van der Waals surface area contributed by atoms with Crippen LogP contribution in [0.15, 0.2) is 11.6 Å². The summed E-state index contributed by atoms with van der Waals surface area (Å²) in [6.45, 7) is 3.21. The van der Waals surface area contributed by atoms with Gasteiger partial charge in [-0.05, 0) is 25.7 Å². The van der Waals surface area contributed by atoms with Gasteiger partial charge in [0.05, 0.1) is 6.04 Å². The van der Waals surface area contributed by atoms with Crippen molar-refractivity contribution in [2.45, 2.75) is 51.1 Å². The molecule has 0 amide bonds. The maximum Gasteiger partial charge on any atom is 0.109 e. The zero-order chi connectivity index (χ0) is 12.1. The van der Waals surface area contributed by atoms with Gasteiger partial charge in [0.15, 0.2) is 0 Å². The predicted octanol–water partition coefficient (Wildman–Crippen LogP) is 2.70. The van der Waals surface area contributed by atoms with Crippen LogP contribution < -0.4 is 11.1 Å². The zero-order valence-corrected chi connectivity index (χ0v) is 11.4. The van der Waals surface area contributed by atoms with Crippen molar-refractivity contribution >= 4 is 11.3 Å². The Morgan fingerprint density at radius 1 is 1.47 bits per heavy atom. The Balaban J connectivity index is 1.80. The summed E-state index contributed by atoms with van der Waals surface area (Å²) in [7, 11) is 0. The van der Waals surface area contributed by atoms with E-state index in [4.69, 9.17) is 5.73 Å². The molecular formula is C13H23N3S. The topological polar surface area (TPSA) is 50.9 Å². The lowest BCUT2D eigenvalue weighted by Crippen LogP contribution is -2.37. The molecule has 1 aliphatic rings. The van der Waals surface area contributed by atoms with Gasteiger partial charge in [-0.1, -0.05) is 19.3 Å². The first-order valence-corrected chi connectivity index (χ1v) is 7.53. The summed E-state index contributed by atoms with van der Waals surface area (Å²) in [5, 5.41) is 6.79. The molecule has 3 N–H and O–H groups in total. The first-order chi connectivity index (χ1) is 8.27. The van der Waals surface area contributed by atoms with Crippen LogP contribution in [-0.4, -0.2) is 17.6 Å². The number of thiazole rings is 1. The average Bonchev–Trinajstić information content (AvgIpc) is 2.78. The van der Waals surface area contributed by atoms with Crippen molar-refractivity contribution in [2.24, 2.45) is 11.7 Å². The molecule has 0 saturated heterocycles. The summed E-state index contributed by atoms with van der Waals surface area (Å²) >= 11 is 1.72. The molecule has 2 rings (SSSR count). The summed E-state index contributed by atoms with van der Waals surface area (Å²) in [6.07, 6.45) is 8.34. The fourth-order valence-corrected chi connectivity index (χ4v) is 3.20. The normalized spacial score (nSPS) is 27.6. The van der Waals surface area contributed by atoms with Crippen LogP contribution in [0.2, 0.25) is 0 Å². The number of nitrogens with zero attached hydrogens (tertiary/aromatic N) is 1. The fraction of sp³-hybridized carbons (Fsp3) is 0.769. The first-order valence-electron chi connectivity index (χ1n) is 6.65. The van der Waals surface area contributed by atoms with Crippen LogP contribution in [0.25, 0.3) is 0 Å². The maximum absolute atomic E-state index is 6.23. The molecule has 96 valence electrons. The monoisotopic (exact) mass is 253 g/mol. The minimum Gasteiger partial charge on any atom is -0.327 e. The van der Waals surface area contributed by atoms with Gasteiger partial charge in [-0.3, -0.25) is 0 Å². The average molecular weight is 253 g/mol. The Labute approximate surface area is 108 Å². The van der Waals surface area contributed by atoms with Crippen molar-refractivity contribution in [3.8, 4) is 0 Å². The molecule has 1 aromatic rings. The lowest BCUT2D eigenvalue weighted by atomic mass is 9.95. The van der Waals surface area contributed by atoms with Crippen LogP contribution >= 0.6 is 11.3 Å². The fourth-order valence-electron chi connectivity index (χ4n) is 2.53. The molecule has 3 nitrogen and oxygen atoms in total. The van der Waals surface area contributed by atoms with Gasteiger partial charge in [-0.15, -0.1) is 11.3 Å². The van der Waals surface area contributed by atoms with Crippen LogP contribution in [0, 0.1) is 5.92 Å². The van der Waals surface area contributed by atoms with Crippen molar-refractivity contribution in [3.63, 3.8) is 0 Å². The van der Waals surface area contributed by atoms with E-state index in [-0.39, 0.29) is 0 Å². The molecular weight excluding hydrogens is 230 g/mol. The van der Waals surface area contributed by atoms with E-state index in [0.29, 0.717) is 18.0 Å². The minimum atomic E-state index is 0.352. The van der Waals surface area contributed by atoms with Crippen LogP contribution in [0.4, 0.5) is 0 Å². The molecule has 1 saturated carbocycles. The highest BCUT2D eigenvalue weighted by Gasteiger charge is 2.21. The number of nitrogens with one attached hydrogen (secondary N) is 1. The highest BCUT2D eigenvalue weighted by Crippen LogP contribution is 2.23. The van der Waals surface area contributed by atoms with E-state index in [9.17, 15) is 0 Å². The van der Waals surface area contributed by atoms with Crippen molar-refractivity contribution in [1.82, 2.24) is 10.3 Å². The molecule has 1 fully saturated rings. The van der Waals surface area contributed by atoms with E-state index in [1.54, 1.807) is 11.3 Å². The van der Waals surface area contributed by atoms with Crippen molar-refractivity contribution < 1.29 is 0 Å². The van der Waals surface area contributed by atoms with Gasteiger partial charge in [-0.2, -0.15) is 0 Å². The van der Waals surface area contributed by atoms with Gasteiger partial charge < -0.3 is 11.1 Å². The Kier molecular flexibility index (Phi) is 4.95. The van der Waals surface area contributed by atoms with Gasteiger partial charge in [-0.25, -0.2) is 4.98 Å². The summed E-state index contributed by atoms with van der Waals surface area (Å²) < 4.78 is 0. The number of aromatic nitrogens is 1. The minimum absolute atomic E-state index is 0.352. The predicted molar refractivity (Wildman–Crippen MR) is 73.1 cm³/mol. The van der Waals surface area contributed by atoms with Crippen LogP contribution in [0.1, 0.15) is 50.1 Å². The molecule has 1 heterocycles. The van der Waals surface area contributed by atoms with Crippen LogP contribution in [-0.2, 0) is 0 Å². The lowest BCUT2D eigenvalue weighted by molar-refractivity contribution is 0.359.